The SMILES string of the molecule is CC[C@H]1CNC(=O)C1(C#N)C1CC1. The summed E-state index contributed by atoms with van der Waals surface area (Å²) >= 11 is 0. The van der Waals surface area contributed by atoms with Crippen molar-refractivity contribution in [3.05, 3.63) is 0 Å². The van der Waals surface area contributed by atoms with E-state index >= 15 is 0 Å². The Morgan fingerprint density at radius 2 is 2.38 bits per heavy atom. The smallest absolute Gasteiger partial charge is 0.241 e. The number of nitrogens with one attached hydrogen (secondary N) is 1. The maximum atomic E-state index is 11.6. The fourth-order valence-corrected chi connectivity index (χ4v) is 2.47. The summed E-state index contributed by atoms with van der Waals surface area (Å²) < 4.78 is 0. The van der Waals surface area contributed by atoms with Crippen LogP contribution in [0.2, 0.25) is 0 Å². The van der Waals surface area contributed by atoms with Crippen molar-refractivity contribution >= 4 is 5.91 Å². The first-order valence-corrected chi connectivity index (χ1v) is 4.95. The quantitative estimate of drug-likeness (QED) is 0.687. The molecule has 1 saturated heterocycles. The maximum absolute atomic E-state index is 11.6. The van der Waals surface area contributed by atoms with Crippen molar-refractivity contribution in [2.75, 3.05) is 6.54 Å². The molecular formula is C10H14N2O. The molecule has 2 rings (SSSR count). The molecule has 0 aromatic carbocycles. The van der Waals surface area contributed by atoms with Gasteiger partial charge in [-0.05, 0) is 25.2 Å². The summed E-state index contributed by atoms with van der Waals surface area (Å²) in [5, 5.41) is 12.0. The van der Waals surface area contributed by atoms with Crippen LogP contribution in [0.25, 0.3) is 0 Å². The average molecular weight is 178 g/mol. The lowest BCUT2D eigenvalue weighted by atomic mass is 9.73. The zero-order valence-corrected chi connectivity index (χ0v) is 7.84. The molecule has 1 amide bonds. The molecule has 2 fully saturated rings. The van der Waals surface area contributed by atoms with E-state index in [1.165, 1.54) is 0 Å². The Labute approximate surface area is 78.1 Å². The minimum absolute atomic E-state index is 0.0237. The number of nitrogens with zero attached hydrogens (tertiary/aromatic N) is 1. The summed E-state index contributed by atoms with van der Waals surface area (Å²) in [6.45, 7) is 2.75. The molecule has 1 aliphatic carbocycles. The highest BCUT2D eigenvalue weighted by atomic mass is 16.2. The number of nitriles is 1. The lowest BCUT2D eigenvalue weighted by Crippen LogP contribution is -2.35. The molecule has 0 radical (unpaired) electrons. The van der Waals surface area contributed by atoms with Gasteiger partial charge in [0.25, 0.3) is 0 Å². The van der Waals surface area contributed by atoms with Crippen LogP contribution in [0.5, 0.6) is 0 Å². The maximum Gasteiger partial charge on any atom is 0.241 e. The van der Waals surface area contributed by atoms with Gasteiger partial charge in [-0.2, -0.15) is 5.26 Å². The van der Waals surface area contributed by atoms with Gasteiger partial charge in [0.1, 0.15) is 5.41 Å². The van der Waals surface area contributed by atoms with E-state index in [-0.39, 0.29) is 11.8 Å². The molecule has 70 valence electrons. The van der Waals surface area contributed by atoms with Crippen molar-refractivity contribution in [1.82, 2.24) is 5.32 Å². The number of rotatable bonds is 2. The molecule has 1 saturated carbocycles. The summed E-state index contributed by atoms with van der Waals surface area (Å²) in [5.74, 6) is 0.548. The molecule has 2 aliphatic rings. The molecule has 1 aliphatic heterocycles. The van der Waals surface area contributed by atoms with E-state index in [1.54, 1.807) is 0 Å². The topological polar surface area (TPSA) is 52.9 Å². The van der Waals surface area contributed by atoms with E-state index in [2.05, 4.69) is 18.3 Å². The molecule has 3 nitrogen and oxygen atoms in total. The van der Waals surface area contributed by atoms with Gasteiger partial charge in [0.15, 0.2) is 0 Å². The molecule has 1 unspecified atom stereocenters. The highest BCUT2D eigenvalue weighted by Crippen LogP contribution is 2.52. The molecule has 1 heterocycles. The van der Waals surface area contributed by atoms with Crippen molar-refractivity contribution < 1.29 is 4.79 Å². The minimum atomic E-state index is -0.672. The molecule has 0 bridgehead atoms. The first-order valence-electron chi connectivity index (χ1n) is 4.95. The van der Waals surface area contributed by atoms with Crippen LogP contribution in [0.15, 0.2) is 0 Å². The highest BCUT2D eigenvalue weighted by molar-refractivity contribution is 5.88. The third-order valence-electron chi connectivity index (χ3n) is 3.43. The zero-order chi connectivity index (χ0) is 9.47. The predicted octanol–water partition coefficient (Wildman–Crippen LogP) is 1.06. The molecule has 0 aromatic rings. The number of hydrogen-bond acceptors (Lipinski definition) is 2. The molecule has 3 heteroatoms. The van der Waals surface area contributed by atoms with Crippen molar-refractivity contribution in [3.8, 4) is 6.07 Å². The summed E-state index contributed by atoms with van der Waals surface area (Å²) in [5.41, 5.74) is -0.672. The number of amides is 1. The van der Waals surface area contributed by atoms with Crippen LogP contribution in [0, 0.1) is 28.6 Å². The van der Waals surface area contributed by atoms with Crippen molar-refractivity contribution in [2.45, 2.75) is 26.2 Å². The fraction of sp³-hybridized carbons (Fsp3) is 0.800. The van der Waals surface area contributed by atoms with Gasteiger partial charge >= 0.3 is 0 Å². The third kappa shape index (κ3) is 0.980. The lowest BCUT2D eigenvalue weighted by Gasteiger charge is -2.23. The van der Waals surface area contributed by atoms with Gasteiger partial charge < -0.3 is 5.32 Å². The Morgan fingerprint density at radius 3 is 2.85 bits per heavy atom. The molecule has 1 N–H and O–H groups in total. The van der Waals surface area contributed by atoms with Gasteiger partial charge in [0, 0.05) is 12.5 Å². The number of hydrogen-bond donors (Lipinski definition) is 1. The van der Waals surface area contributed by atoms with Crippen molar-refractivity contribution in [2.24, 2.45) is 17.3 Å². The van der Waals surface area contributed by atoms with Gasteiger partial charge in [0.05, 0.1) is 6.07 Å². The highest BCUT2D eigenvalue weighted by Gasteiger charge is 2.58. The first-order chi connectivity index (χ1) is 6.25. The lowest BCUT2D eigenvalue weighted by molar-refractivity contribution is -0.127. The van der Waals surface area contributed by atoms with Gasteiger partial charge in [-0.25, -0.2) is 0 Å². The van der Waals surface area contributed by atoms with E-state index < -0.39 is 5.41 Å². The zero-order valence-electron chi connectivity index (χ0n) is 7.84. The van der Waals surface area contributed by atoms with Crippen LogP contribution in [0.4, 0.5) is 0 Å². The van der Waals surface area contributed by atoms with Crippen LogP contribution in [-0.4, -0.2) is 12.5 Å². The van der Waals surface area contributed by atoms with Gasteiger partial charge in [-0.15, -0.1) is 0 Å². The first kappa shape index (κ1) is 8.55. The molecule has 0 spiro atoms. The Balaban J connectivity index is 2.33. The van der Waals surface area contributed by atoms with Crippen molar-refractivity contribution in [1.29, 1.82) is 5.26 Å². The van der Waals surface area contributed by atoms with Crippen LogP contribution in [0.1, 0.15) is 26.2 Å². The Morgan fingerprint density at radius 1 is 1.69 bits per heavy atom. The van der Waals surface area contributed by atoms with E-state index in [9.17, 15) is 10.1 Å². The predicted molar refractivity (Wildman–Crippen MR) is 47.6 cm³/mol. The van der Waals surface area contributed by atoms with Crippen LogP contribution < -0.4 is 5.32 Å². The van der Waals surface area contributed by atoms with E-state index in [0.29, 0.717) is 12.5 Å². The summed E-state index contributed by atoms with van der Waals surface area (Å²) in [6, 6.07) is 2.28. The monoisotopic (exact) mass is 178 g/mol. The molecule has 13 heavy (non-hydrogen) atoms. The van der Waals surface area contributed by atoms with Crippen LogP contribution in [0.3, 0.4) is 0 Å². The van der Waals surface area contributed by atoms with Crippen LogP contribution >= 0.6 is 0 Å². The molecule has 2 atom stereocenters. The normalized spacial score (nSPS) is 38.5. The second-order valence-electron chi connectivity index (χ2n) is 4.07. The summed E-state index contributed by atoms with van der Waals surface area (Å²) in [7, 11) is 0. The van der Waals surface area contributed by atoms with Gasteiger partial charge in [-0.3, -0.25) is 4.79 Å². The molecule has 0 aromatic heterocycles. The Bertz CT molecular complexity index is 277. The average Bonchev–Trinajstić information content (AvgIpc) is 2.92. The van der Waals surface area contributed by atoms with E-state index in [4.69, 9.17) is 0 Å². The fourth-order valence-electron chi connectivity index (χ4n) is 2.47. The standard InChI is InChI=1S/C10H14N2O/c1-2-7-5-12-9(13)10(7,6-11)8-3-4-8/h7-8H,2-5H2,1H3,(H,12,13)/t7-,10?/m0/s1. The summed E-state index contributed by atoms with van der Waals surface area (Å²) in [6.07, 6.45) is 3.03. The number of carbonyl (C=O) groups is 1. The van der Waals surface area contributed by atoms with Crippen LogP contribution in [-0.2, 0) is 4.79 Å². The van der Waals surface area contributed by atoms with E-state index in [0.717, 1.165) is 19.3 Å². The second-order valence-corrected chi connectivity index (χ2v) is 4.07. The second kappa shape index (κ2) is 2.73. The molecular weight excluding hydrogens is 164 g/mol. The van der Waals surface area contributed by atoms with Gasteiger partial charge in [0.2, 0.25) is 5.91 Å². The van der Waals surface area contributed by atoms with Crippen molar-refractivity contribution in [3.63, 3.8) is 0 Å². The largest absolute Gasteiger partial charge is 0.354 e. The summed E-state index contributed by atoms with van der Waals surface area (Å²) in [4.78, 5) is 11.6. The Kier molecular flexibility index (Phi) is 1.80. The number of carbonyl (C=O) groups excluding carboxylic acids is 1. The Hall–Kier alpha value is -1.04. The minimum Gasteiger partial charge on any atom is -0.354 e. The van der Waals surface area contributed by atoms with E-state index in [1.807, 2.05) is 0 Å². The van der Waals surface area contributed by atoms with Gasteiger partial charge in [-0.1, -0.05) is 6.92 Å². The third-order valence-corrected chi connectivity index (χ3v) is 3.43.